The van der Waals surface area contributed by atoms with Crippen molar-refractivity contribution < 1.29 is 9.90 Å². The van der Waals surface area contributed by atoms with Gasteiger partial charge in [0.25, 0.3) is 0 Å². The monoisotopic (exact) mass is 258 g/mol. The van der Waals surface area contributed by atoms with Gasteiger partial charge in [-0.2, -0.15) is 0 Å². The second-order valence-corrected chi connectivity index (χ2v) is 5.70. The van der Waals surface area contributed by atoms with Gasteiger partial charge >= 0.3 is 0 Å². The summed E-state index contributed by atoms with van der Waals surface area (Å²) in [7, 11) is 0. The molecule has 17 heavy (non-hydrogen) atoms. The zero-order valence-electron chi connectivity index (χ0n) is 10.6. The number of hydrogen-bond donors (Lipinski definition) is 2. The van der Waals surface area contributed by atoms with E-state index in [-0.39, 0.29) is 17.5 Å². The molecule has 0 aromatic rings. The predicted molar refractivity (Wildman–Crippen MR) is 71.6 cm³/mol. The third-order valence-electron chi connectivity index (χ3n) is 3.49. The van der Waals surface area contributed by atoms with Crippen molar-refractivity contribution in [2.24, 2.45) is 17.1 Å². The molecule has 1 fully saturated rings. The number of nitrogens with zero attached hydrogens (tertiary/aromatic N) is 1. The number of thiocarbonyl (C=S) groups is 1. The number of rotatable bonds is 4. The van der Waals surface area contributed by atoms with Gasteiger partial charge in [0.05, 0.1) is 10.4 Å². The van der Waals surface area contributed by atoms with Crippen molar-refractivity contribution in [2.75, 3.05) is 19.7 Å². The smallest absolute Gasteiger partial charge is 0.235 e. The van der Waals surface area contributed by atoms with Gasteiger partial charge in [-0.3, -0.25) is 4.79 Å². The first kappa shape index (κ1) is 14.4. The number of carbonyl (C=O) groups is 1. The fourth-order valence-corrected chi connectivity index (χ4v) is 2.26. The Hall–Kier alpha value is -0.680. The van der Waals surface area contributed by atoms with Gasteiger partial charge in [0, 0.05) is 19.7 Å². The van der Waals surface area contributed by atoms with Gasteiger partial charge < -0.3 is 15.7 Å². The fraction of sp³-hybridized carbons (Fsp3) is 0.833. The van der Waals surface area contributed by atoms with Gasteiger partial charge in [0.2, 0.25) is 5.91 Å². The number of nitrogens with two attached hydrogens (primary N) is 1. The van der Waals surface area contributed by atoms with Crippen molar-refractivity contribution in [3.8, 4) is 0 Å². The lowest BCUT2D eigenvalue weighted by atomic mass is 9.88. The van der Waals surface area contributed by atoms with Gasteiger partial charge in [-0.05, 0) is 39.0 Å². The zero-order valence-corrected chi connectivity index (χ0v) is 11.4. The molecule has 0 spiro atoms. The van der Waals surface area contributed by atoms with Crippen molar-refractivity contribution in [2.45, 2.75) is 33.1 Å². The van der Waals surface area contributed by atoms with Crippen LogP contribution in [-0.4, -0.2) is 40.6 Å². The van der Waals surface area contributed by atoms with Crippen LogP contribution in [0, 0.1) is 11.3 Å². The molecule has 0 bridgehead atoms. The van der Waals surface area contributed by atoms with E-state index in [1.807, 2.05) is 4.90 Å². The largest absolute Gasteiger partial charge is 0.396 e. The Morgan fingerprint density at radius 2 is 2.24 bits per heavy atom. The minimum absolute atomic E-state index is 0.00707. The molecule has 1 aliphatic heterocycles. The summed E-state index contributed by atoms with van der Waals surface area (Å²) in [6.07, 6.45) is 2.83. The highest BCUT2D eigenvalue weighted by Crippen LogP contribution is 2.25. The summed E-state index contributed by atoms with van der Waals surface area (Å²) < 4.78 is 0. The molecule has 1 unspecified atom stereocenters. The van der Waals surface area contributed by atoms with Crippen molar-refractivity contribution in [1.29, 1.82) is 0 Å². The van der Waals surface area contributed by atoms with E-state index in [4.69, 9.17) is 23.1 Å². The Kier molecular flexibility index (Phi) is 4.89. The Morgan fingerprint density at radius 1 is 1.59 bits per heavy atom. The molecule has 98 valence electrons. The second-order valence-electron chi connectivity index (χ2n) is 5.26. The predicted octanol–water partition coefficient (Wildman–Crippen LogP) is 0.920. The van der Waals surface area contributed by atoms with E-state index in [9.17, 15) is 4.79 Å². The molecule has 1 amide bonds. The standard InChI is InChI=1S/C12H22N2O2S/c1-12(2,10(13)17)11(16)14-6-3-4-9(8-14)5-7-15/h9,15H,3-8H2,1-2H3,(H2,13,17). The molecule has 0 saturated carbocycles. The van der Waals surface area contributed by atoms with Crippen LogP contribution in [0.4, 0.5) is 0 Å². The van der Waals surface area contributed by atoms with Gasteiger partial charge in [-0.1, -0.05) is 12.2 Å². The summed E-state index contributed by atoms with van der Waals surface area (Å²) in [5.41, 5.74) is 4.85. The van der Waals surface area contributed by atoms with E-state index in [2.05, 4.69) is 0 Å². The average Bonchev–Trinajstić information content (AvgIpc) is 2.28. The van der Waals surface area contributed by atoms with Crippen molar-refractivity contribution in [3.05, 3.63) is 0 Å². The van der Waals surface area contributed by atoms with E-state index in [0.29, 0.717) is 12.5 Å². The van der Waals surface area contributed by atoms with Gasteiger partial charge in [-0.15, -0.1) is 0 Å². The number of likely N-dealkylation sites (tertiary alicyclic amines) is 1. The molecular formula is C12H22N2O2S. The van der Waals surface area contributed by atoms with Crippen LogP contribution in [0.5, 0.6) is 0 Å². The first-order chi connectivity index (χ1) is 7.89. The molecule has 1 atom stereocenters. The fourth-order valence-electron chi connectivity index (χ4n) is 2.17. The first-order valence-corrected chi connectivity index (χ1v) is 6.50. The van der Waals surface area contributed by atoms with E-state index in [1.54, 1.807) is 13.8 Å². The minimum Gasteiger partial charge on any atom is -0.396 e. The van der Waals surface area contributed by atoms with E-state index in [0.717, 1.165) is 25.8 Å². The summed E-state index contributed by atoms with van der Waals surface area (Å²) >= 11 is 4.95. The summed E-state index contributed by atoms with van der Waals surface area (Å²) in [5, 5.41) is 8.95. The van der Waals surface area contributed by atoms with Gasteiger partial charge in [0.15, 0.2) is 0 Å². The topological polar surface area (TPSA) is 66.6 Å². The second kappa shape index (κ2) is 5.78. The van der Waals surface area contributed by atoms with Crippen LogP contribution in [0.25, 0.3) is 0 Å². The molecule has 0 aromatic carbocycles. The summed E-state index contributed by atoms with van der Waals surface area (Å²) in [6, 6.07) is 0. The van der Waals surface area contributed by atoms with Crippen LogP contribution >= 0.6 is 12.2 Å². The minimum atomic E-state index is -0.767. The lowest BCUT2D eigenvalue weighted by Gasteiger charge is -2.37. The molecule has 0 radical (unpaired) electrons. The Bertz CT molecular complexity index is 303. The molecule has 1 saturated heterocycles. The molecule has 1 rings (SSSR count). The lowest BCUT2D eigenvalue weighted by molar-refractivity contribution is -0.138. The third-order valence-corrected chi connectivity index (χ3v) is 4.00. The number of amides is 1. The van der Waals surface area contributed by atoms with Gasteiger partial charge in [0.1, 0.15) is 0 Å². The maximum atomic E-state index is 12.3. The number of aliphatic hydroxyl groups excluding tert-OH is 1. The molecule has 0 aliphatic carbocycles. The van der Waals surface area contributed by atoms with Crippen molar-refractivity contribution in [3.63, 3.8) is 0 Å². The normalized spacial score (nSPS) is 21.4. The van der Waals surface area contributed by atoms with Crippen LogP contribution in [0.3, 0.4) is 0 Å². The van der Waals surface area contributed by atoms with Crippen LogP contribution in [0.2, 0.25) is 0 Å². The molecule has 4 nitrogen and oxygen atoms in total. The highest BCUT2D eigenvalue weighted by molar-refractivity contribution is 7.80. The quantitative estimate of drug-likeness (QED) is 0.736. The van der Waals surface area contributed by atoms with Crippen molar-refractivity contribution >= 4 is 23.1 Å². The zero-order chi connectivity index (χ0) is 13.1. The summed E-state index contributed by atoms with van der Waals surface area (Å²) in [4.78, 5) is 14.4. The number of piperidine rings is 1. The molecular weight excluding hydrogens is 236 g/mol. The summed E-state index contributed by atoms with van der Waals surface area (Å²) in [5.74, 6) is 0.410. The molecule has 1 aliphatic rings. The van der Waals surface area contributed by atoms with Gasteiger partial charge in [-0.25, -0.2) is 0 Å². The van der Waals surface area contributed by atoms with E-state index < -0.39 is 5.41 Å². The third kappa shape index (κ3) is 3.39. The van der Waals surface area contributed by atoms with E-state index in [1.165, 1.54) is 0 Å². The van der Waals surface area contributed by atoms with Crippen LogP contribution < -0.4 is 5.73 Å². The maximum Gasteiger partial charge on any atom is 0.235 e. The highest BCUT2D eigenvalue weighted by atomic mass is 32.1. The number of aliphatic hydroxyl groups is 1. The van der Waals surface area contributed by atoms with Crippen LogP contribution in [-0.2, 0) is 4.79 Å². The molecule has 3 N–H and O–H groups in total. The number of hydrogen-bond acceptors (Lipinski definition) is 3. The van der Waals surface area contributed by atoms with Crippen molar-refractivity contribution in [1.82, 2.24) is 4.90 Å². The Labute approximate surface area is 108 Å². The SMILES string of the molecule is CC(C)(C(=O)N1CCCC(CCO)C1)C(N)=S. The molecule has 5 heteroatoms. The molecule has 1 heterocycles. The average molecular weight is 258 g/mol. The summed E-state index contributed by atoms with van der Waals surface area (Å²) in [6.45, 7) is 5.21. The first-order valence-electron chi connectivity index (χ1n) is 6.09. The van der Waals surface area contributed by atoms with Crippen LogP contribution in [0.15, 0.2) is 0 Å². The van der Waals surface area contributed by atoms with E-state index >= 15 is 0 Å². The molecule has 0 aromatic heterocycles. The Morgan fingerprint density at radius 3 is 2.76 bits per heavy atom. The Balaban J connectivity index is 2.66. The maximum absolute atomic E-state index is 12.3. The number of carbonyl (C=O) groups excluding carboxylic acids is 1. The highest BCUT2D eigenvalue weighted by Gasteiger charge is 2.36. The lowest BCUT2D eigenvalue weighted by Crippen LogP contribution is -2.50. The van der Waals surface area contributed by atoms with Crippen LogP contribution in [0.1, 0.15) is 33.1 Å².